The molecule has 0 saturated carbocycles. The summed E-state index contributed by atoms with van der Waals surface area (Å²) in [5, 5.41) is 214. The number of rotatable bonds is 9. The van der Waals surface area contributed by atoms with Crippen molar-refractivity contribution in [1.29, 1.82) is 0 Å². The fourth-order valence-corrected chi connectivity index (χ4v) is 11.5. The molecule has 0 spiro atoms. The number of aliphatic hydroxyl groups excluding tert-OH is 19. The summed E-state index contributed by atoms with van der Waals surface area (Å²) in [6.45, 7) is -5.15. The molecule has 21 aliphatic heterocycles. The number of ether oxygens (including phenoxy) is 14. The van der Waals surface area contributed by atoms with Gasteiger partial charge in [-0.2, -0.15) is 0 Å². The molecule has 21 saturated heterocycles. The molecule has 35 nitrogen and oxygen atoms in total. The number of likely N-dealkylation sites (N-methyl/N-ethyl adjacent to an activating group) is 2. The molecule has 35 heteroatoms. The fourth-order valence-electron chi connectivity index (χ4n) is 11.5. The van der Waals surface area contributed by atoms with Crippen LogP contribution in [0.2, 0.25) is 0 Å². The average Bonchev–Trinajstić information content (AvgIpc) is 3.60. The van der Waals surface area contributed by atoms with Crippen molar-refractivity contribution in [2.45, 2.75) is 215 Å². The normalized spacial score (nSPS) is 52.7. The van der Waals surface area contributed by atoms with Crippen LogP contribution in [-0.2, 0) is 66.3 Å². The smallest absolute Gasteiger partial charge is 0.187 e. The van der Waals surface area contributed by atoms with E-state index >= 15 is 0 Å². The van der Waals surface area contributed by atoms with Gasteiger partial charge < -0.3 is 172 Å². The summed E-state index contributed by atoms with van der Waals surface area (Å²) in [6.07, 6.45) is -66.9. The number of quaternary nitrogens is 2. The van der Waals surface area contributed by atoms with Gasteiger partial charge in [-0.05, 0) is 0 Å². The number of hydrogen-bond donors (Lipinski definition) is 19. The minimum absolute atomic E-state index is 0.0634. The highest BCUT2D eigenvalue weighted by molar-refractivity contribution is 5.02. The molecule has 0 unspecified atom stereocenters. The SMILES string of the molecule is C[N+](C)(C)C[C@H]1O[C@@H]2O[C@H]3[C@H](O)[C@@H](O)[C@@H](O[C@H]4[C@H](O)[C@@H](O)[C@@H](O[C@H]5[C@H](O)[C@@H](O)[C@@H](O[C@H]6[C@H](O)[C@@H](O)[C@@H](O[C@H]7[C@H](O)[C@@H](O)[C@@H](O[C@H]8[C@H](O)[C@@H](O)[C@@H](O[C@H]1[C@H](O)[C@H]2O)O[C@@H]8CO)O[C@@H]7CO)O[C@@H]6CO)O[C@@H]5C[N+](C)(C)C)O[C@@H]4CO)O[C@@H]3CO. The molecule has 35 atom stereocenters. The number of aliphatic hydroxyl groups is 19. The molecule has 21 fully saturated rings. The highest BCUT2D eigenvalue weighted by Crippen LogP contribution is 2.39. The van der Waals surface area contributed by atoms with Crippen molar-refractivity contribution in [2.24, 2.45) is 0 Å². The van der Waals surface area contributed by atoms with Crippen LogP contribution in [0.4, 0.5) is 0 Å². The Bertz CT molecular complexity index is 2010. The van der Waals surface area contributed by atoms with E-state index in [4.69, 9.17) is 66.3 Å². The van der Waals surface area contributed by atoms with Gasteiger partial charge in [0.2, 0.25) is 0 Å². The predicted octanol–water partition coefficient (Wildman–Crippen LogP) is -13.8. The van der Waals surface area contributed by atoms with Crippen LogP contribution in [0.3, 0.4) is 0 Å². The van der Waals surface area contributed by atoms with Gasteiger partial charge in [0.15, 0.2) is 44.0 Å². The first kappa shape index (κ1) is 67.5. The number of hydrogen-bond acceptors (Lipinski definition) is 33. The molecule has 0 aromatic rings. The van der Waals surface area contributed by atoms with E-state index in [1.165, 1.54) is 0 Å². The Hall–Kier alpha value is -1.40. The summed E-state index contributed by atoms with van der Waals surface area (Å²) in [7, 11) is 10.2. The van der Waals surface area contributed by atoms with Crippen LogP contribution in [0.25, 0.3) is 0 Å². The molecule has 0 aliphatic carbocycles. The molecule has 21 heterocycles. The lowest BCUT2D eigenvalue weighted by molar-refractivity contribution is -0.874. The second-order valence-corrected chi connectivity index (χ2v) is 24.2. The monoisotopic (exact) mass is 1220 g/mol. The maximum absolute atomic E-state index is 11.7. The second kappa shape index (κ2) is 27.4. The molecule has 0 aromatic heterocycles. The van der Waals surface area contributed by atoms with Crippen LogP contribution in [0.5, 0.6) is 0 Å². The average molecular weight is 1220 g/mol. The van der Waals surface area contributed by atoms with Gasteiger partial charge in [-0.15, -0.1) is 0 Å². The van der Waals surface area contributed by atoms with Crippen molar-refractivity contribution in [2.75, 3.05) is 88.4 Å². The van der Waals surface area contributed by atoms with Crippen molar-refractivity contribution in [3.05, 3.63) is 0 Å². The van der Waals surface area contributed by atoms with Crippen LogP contribution >= 0.6 is 0 Å². The van der Waals surface area contributed by atoms with Crippen molar-refractivity contribution in [3.63, 3.8) is 0 Å². The maximum atomic E-state index is 11.7. The summed E-state index contributed by atoms with van der Waals surface area (Å²) >= 11 is 0. The van der Waals surface area contributed by atoms with Gasteiger partial charge in [0.05, 0.1) is 75.3 Å². The number of nitrogens with zero attached hydrogens (tertiary/aromatic N) is 2. The Balaban J connectivity index is 1.11. The van der Waals surface area contributed by atoms with Gasteiger partial charge in [0, 0.05) is 0 Å². The lowest BCUT2D eigenvalue weighted by Crippen LogP contribution is -2.69. The van der Waals surface area contributed by atoms with Crippen LogP contribution in [-0.4, -0.2) is 409 Å². The molecule has 83 heavy (non-hydrogen) atoms. The Kier molecular flexibility index (Phi) is 22.3. The van der Waals surface area contributed by atoms with Crippen LogP contribution < -0.4 is 0 Å². The predicted molar refractivity (Wildman–Crippen MR) is 260 cm³/mol. The van der Waals surface area contributed by atoms with E-state index in [9.17, 15) is 97.0 Å². The minimum Gasteiger partial charge on any atom is -0.394 e. The maximum Gasteiger partial charge on any atom is 0.187 e. The Labute approximate surface area is 474 Å². The largest absolute Gasteiger partial charge is 0.394 e. The molecule has 0 radical (unpaired) electrons. The summed E-state index contributed by atoms with van der Waals surface area (Å²) in [5.41, 5.74) is 0. The first-order chi connectivity index (χ1) is 38.9. The summed E-state index contributed by atoms with van der Waals surface area (Å²) in [6, 6.07) is 0. The first-order valence-electron chi connectivity index (χ1n) is 27.3. The third-order valence-corrected chi connectivity index (χ3v) is 15.9. The van der Waals surface area contributed by atoms with Crippen molar-refractivity contribution in [1.82, 2.24) is 0 Å². The molecule has 21 rings (SSSR count). The van der Waals surface area contributed by atoms with Gasteiger partial charge in [0.1, 0.15) is 184 Å². The van der Waals surface area contributed by atoms with E-state index in [0.717, 1.165) is 0 Å². The molecule has 484 valence electrons. The third-order valence-electron chi connectivity index (χ3n) is 15.9. The van der Waals surface area contributed by atoms with E-state index in [1.54, 1.807) is 42.3 Å². The molecule has 0 aromatic carbocycles. The van der Waals surface area contributed by atoms with E-state index in [1.807, 2.05) is 0 Å². The standard InChI is InChI=1S/C48H86N2O33/c1-49(2,3)7-14-35-22(57)29(64)43(71-14)80-38-17(10-52)75-47(33(68)26(38)61)83-41-20(13-55)76-48(34(69)27(41)62)82-40-19(12-54)73-45(31(66)24(40)59)78-36-15(8-50(4,5)6)70-42(28(63)21(36)56)79-37-16(9-51)74-46(32(67)25(37)60)81-39-18(11-53)72-44(77-35)30(65)23(39)58/h14-48,51-69H,7-13H2,1-6H3/q+2/t14-,15-,16-,17-,18-,19-,20-,21-,22-,23-,24-,25-,26-,27-,28-,29-,30-,31-,32-,33-,34-,35-,36-,37-,38-,39-,40-,41-,42-,43-,44-,45-,46-,47-,48-/m1/s1. The van der Waals surface area contributed by atoms with Gasteiger partial charge in [0.25, 0.3) is 0 Å². The van der Waals surface area contributed by atoms with Gasteiger partial charge in [-0.1, -0.05) is 0 Å². The van der Waals surface area contributed by atoms with Gasteiger partial charge in [-0.3, -0.25) is 0 Å². The summed E-state index contributed by atoms with van der Waals surface area (Å²) in [5.74, 6) is 0. The first-order valence-corrected chi connectivity index (χ1v) is 27.3. The van der Waals surface area contributed by atoms with E-state index in [0.29, 0.717) is 0 Å². The second-order valence-electron chi connectivity index (χ2n) is 24.2. The topological polar surface area (TPSA) is 514 Å². The minimum atomic E-state index is -2.17. The lowest BCUT2D eigenvalue weighted by atomic mass is 9.94. The zero-order valence-electron chi connectivity index (χ0n) is 46.3. The fraction of sp³-hybridized carbons (Fsp3) is 1.00. The van der Waals surface area contributed by atoms with E-state index in [2.05, 4.69) is 0 Å². The Morgan fingerprint density at radius 1 is 0.205 bits per heavy atom. The summed E-state index contributed by atoms with van der Waals surface area (Å²) < 4.78 is 82.9. The molecular weight excluding hydrogens is 1130 g/mol. The molecule has 14 bridgehead atoms. The van der Waals surface area contributed by atoms with E-state index < -0.39 is 248 Å². The zero-order valence-corrected chi connectivity index (χ0v) is 46.3. The molecule has 21 aliphatic rings. The lowest BCUT2D eigenvalue weighted by Gasteiger charge is -2.50. The highest BCUT2D eigenvalue weighted by atomic mass is 16.8. The van der Waals surface area contributed by atoms with Crippen molar-refractivity contribution in [3.8, 4) is 0 Å². The zero-order chi connectivity index (χ0) is 61.1. The van der Waals surface area contributed by atoms with Crippen LogP contribution in [0.15, 0.2) is 0 Å². The van der Waals surface area contributed by atoms with Crippen molar-refractivity contribution >= 4 is 0 Å². The van der Waals surface area contributed by atoms with Crippen LogP contribution in [0, 0.1) is 0 Å². The van der Waals surface area contributed by atoms with Gasteiger partial charge in [-0.25, -0.2) is 0 Å². The Morgan fingerprint density at radius 2 is 0.337 bits per heavy atom. The summed E-state index contributed by atoms with van der Waals surface area (Å²) in [4.78, 5) is 0. The molecular formula is C48H86N2O33+2. The van der Waals surface area contributed by atoms with Crippen molar-refractivity contribution < 1.29 is 172 Å². The van der Waals surface area contributed by atoms with E-state index in [-0.39, 0.29) is 22.1 Å². The molecule has 0 amide bonds. The van der Waals surface area contributed by atoms with Gasteiger partial charge >= 0.3 is 0 Å². The Morgan fingerprint density at radius 3 is 0.470 bits per heavy atom. The quantitative estimate of drug-likeness (QED) is 0.0953. The highest BCUT2D eigenvalue weighted by Gasteiger charge is 2.60. The third kappa shape index (κ3) is 14.3. The molecule has 19 N–H and O–H groups in total. The van der Waals surface area contributed by atoms with Crippen LogP contribution in [0.1, 0.15) is 0 Å².